The minimum absolute atomic E-state index is 0.527. The Morgan fingerprint density at radius 3 is 2.48 bits per heavy atom. The average molecular weight is 449 g/mol. The summed E-state index contributed by atoms with van der Waals surface area (Å²) in [6.45, 7) is 6.84. The fraction of sp³-hybridized carbons (Fsp3) is 0.536. The fourth-order valence-corrected chi connectivity index (χ4v) is 5.12. The number of aromatic nitrogens is 1. The number of hydrogen-bond acceptors (Lipinski definition) is 5. The Morgan fingerprint density at radius 2 is 1.88 bits per heavy atom. The van der Waals surface area contributed by atoms with Crippen molar-refractivity contribution < 1.29 is 5.11 Å². The molecule has 0 radical (unpaired) electrons. The van der Waals surface area contributed by atoms with Gasteiger partial charge in [-0.3, -0.25) is 0 Å². The summed E-state index contributed by atoms with van der Waals surface area (Å²) < 4.78 is 0. The first-order chi connectivity index (χ1) is 16.0. The van der Waals surface area contributed by atoms with Crippen molar-refractivity contribution in [3.05, 3.63) is 65.4 Å². The molecule has 1 aliphatic carbocycles. The zero-order valence-corrected chi connectivity index (χ0v) is 20.5. The van der Waals surface area contributed by atoms with Gasteiger partial charge in [-0.05, 0) is 63.8 Å². The maximum Gasteiger partial charge on any atom is 0.153 e. The molecular formula is C28H40N4O. The van der Waals surface area contributed by atoms with Crippen molar-refractivity contribution in [1.29, 1.82) is 0 Å². The van der Waals surface area contributed by atoms with Crippen molar-refractivity contribution in [1.82, 2.24) is 10.3 Å². The number of rotatable bonds is 8. The molecule has 4 rings (SSSR count). The van der Waals surface area contributed by atoms with Crippen LogP contribution in [0.4, 0.5) is 11.5 Å². The third kappa shape index (κ3) is 5.96. The molecule has 2 aliphatic rings. The van der Waals surface area contributed by atoms with Gasteiger partial charge in [-0.25, -0.2) is 4.98 Å². The average Bonchev–Trinajstić information content (AvgIpc) is 3.34. The first-order valence-electron chi connectivity index (χ1n) is 12.6. The molecule has 2 fully saturated rings. The van der Waals surface area contributed by atoms with Gasteiger partial charge >= 0.3 is 0 Å². The molecule has 2 atom stereocenters. The summed E-state index contributed by atoms with van der Waals surface area (Å²) in [6.07, 6.45) is 11.1. The van der Waals surface area contributed by atoms with Crippen LogP contribution >= 0.6 is 0 Å². The van der Waals surface area contributed by atoms with Crippen LogP contribution in [-0.2, 0) is 0 Å². The van der Waals surface area contributed by atoms with Crippen molar-refractivity contribution >= 4 is 11.5 Å². The Kier molecular flexibility index (Phi) is 8.05. The number of anilines is 2. The summed E-state index contributed by atoms with van der Waals surface area (Å²) in [7, 11) is 2.02. The smallest absolute Gasteiger partial charge is 0.153 e. The lowest BCUT2D eigenvalue weighted by Crippen LogP contribution is -2.30. The quantitative estimate of drug-likeness (QED) is 0.419. The van der Waals surface area contributed by atoms with Crippen LogP contribution in [-0.4, -0.2) is 42.8 Å². The molecule has 5 nitrogen and oxygen atoms in total. The number of likely N-dealkylation sites (N-methyl/N-ethyl adjacent to an activating group) is 1. The number of benzene rings is 1. The minimum atomic E-state index is -0.714. The van der Waals surface area contributed by atoms with E-state index in [-0.39, 0.29) is 0 Å². The highest BCUT2D eigenvalue weighted by Gasteiger charge is 2.23. The maximum absolute atomic E-state index is 11.3. The molecule has 1 aliphatic heterocycles. The van der Waals surface area contributed by atoms with E-state index in [9.17, 15) is 5.11 Å². The van der Waals surface area contributed by atoms with Crippen molar-refractivity contribution in [3.8, 4) is 0 Å². The summed E-state index contributed by atoms with van der Waals surface area (Å²) in [4.78, 5) is 9.11. The summed E-state index contributed by atoms with van der Waals surface area (Å²) in [5.41, 5.74) is 4.51. The van der Waals surface area contributed by atoms with Gasteiger partial charge < -0.3 is 20.2 Å². The Hall–Kier alpha value is -2.37. The van der Waals surface area contributed by atoms with Crippen LogP contribution in [0, 0.1) is 0 Å². The Balaban J connectivity index is 1.51. The van der Waals surface area contributed by atoms with E-state index in [2.05, 4.69) is 66.5 Å². The van der Waals surface area contributed by atoms with Crippen LogP contribution in [0.5, 0.6) is 0 Å². The molecule has 0 bridgehead atoms. The Labute approximate surface area is 199 Å². The highest BCUT2D eigenvalue weighted by Crippen LogP contribution is 2.34. The van der Waals surface area contributed by atoms with Gasteiger partial charge in [-0.15, -0.1) is 0 Å². The Morgan fingerprint density at radius 1 is 1.12 bits per heavy atom. The number of nitrogens with one attached hydrogen (secondary N) is 1. The number of allylic oxidation sites excluding steroid dienone is 1. The molecule has 0 amide bonds. The van der Waals surface area contributed by atoms with Gasteiger partial charge in [0.05, 0.1) is 11.9 Å². The van der Waals surface area contributed by atoms with Crippen LogP contribution < -0.4 is 15.1 Å². The standard InChI is InChI=1S/C28H40N4O/c1-21(2)15-18-32(26-13-14-27(30-19-26)31-17-16-25(20-31)29-3)28(33)24-11-9-23(10-12-24)22-7-5-4-6-8-22/h9-15,19,22,25,28-29,33H,4-8,16-18,20H2,1-3H3. The number of hydrogen-bond donors (Lipinski definition) is 2. The van der Waals surface area contributed by atoms with Crippen LogP contribution in [0.15, 0.2) is 54.2 Å². The topological polar surface area (TPSA) is 51.6 Å². The van der Waals surface area contributed by atoms with E-state index in [4.69, 9.17) is 4.98 Å². The SMILES string of the molecule is CNC1CCN(c2ccc(N(CC=C(C)C)C(O)c3ccc(C4CCCCC4)cc3)cn2)C1. The van der Waals surface area contributed by atoms with Gasteiger partial charge in [0, 0.05) is 31.2 Å². The molecular weight excluding hydrogens is 408 g/mol. The van der Waals surface area contributed by atoms with Gasteiger partial charge in [0.15, 0.2) is 6.23 Å². The van der Waals surface area contributed by atoms with Gasteiger partial charge in [0.25, 0.3) is 0 Å². The molecule has 2 aromatic rings. The normalized spacial score (nSPS) is 20.0. The van der Waals surface area contributed by atoms with Crippen molar-refractivity contribution in [2.75, 3.05) is 36.5 Å². The number of aliphatic hydroxyl groups is 1. The van der Waals surface area contributed by atoms with E-state index in [0.29, 0.717) is 18.5 Å². The molecule has 1 aromatic carbocycles. The van der Waals surface area contributed by atoms with Gasteiger partial charge in [-0.2, -0.15) is 0 Å². The second-order valence-corrected chi connectivity index (χ2v) is 9.90. The lowest BCUT2D eigenvalue weighted by molar-refractivity contribution is 0.174. The highest BCUT2D eigenvalue weighted by atomic mass is 16.3. The largest absolute Gasteiger partial charge is 0.369 e. The first kappa shape index (κ1) is 23.8. The van der Waals surface area contributed by atoms with E-state index in [1.54, 1.807) is 0 Å². The minimum Gasteiger partial charge on any atom is -0.369 e. The van der Waals surface area contributed by atoms with Crippen molar-refractivity contribution in [3.63, 3.8) is 0 Å². The molecule has 1 aromatic heterocycles. The number of nitrogens with zero attached hydrogens (tertiary/aromatic N) is 3. The van der Waals surface area contributed by atoms with Crippen LogP contribution in [0.1, 0.15) is 75.6 Å². The van der Waals surface area contributed by atoms with Crippen molar-refractivity contribution in [2.45, 2.75) is 70.6 Å². The van der Waals surface area contributed by atoms with Gasteiger partial charge in [0.1, 0.15) is 5.82 Å². The summed E-state index contributed by atoms with van der Waals surface area (Å²) in [5, 5.41) is 14.7. The second kappa shape index (κ2) is 11.2. The zero-order valence-electron chi connectivity index (χ0n) is 20.5. The predicted molar refractivity (Wildman–Crippen MR) is 138 cm³/mol. The number of aliphatic hydroxyl groups excluding tert-OH is 1. The van der Waals surface area contributed by atoms with Gasteiger partial charge in [0.2, 0.25) is 0 Å². The van der Waals surface area contributed by atoms with E-state index in [1.165, 1.54) is 43.2 Å². The highest BCUT2D eigenvalue weighted by molar-refractivity contribution is 5.53. The van der Waals surface area contributed by atoms with Crippen LogP contribution in [0.2, 0.25) is 0 Å². The molecule has 5 heteroatoms. The fourth-order valence-electron chi connectivity index (χ4n) is 5.12. The molecule has 33 heavy (non-hydrogen) atoms. The third-order valence-electron chi connectivity index (χ3n) is 7.29. The molecule has 2 heterocycles. The molecule has 1 saturated carbocycles. The second-order valence-electron chi connectivity index (χ2n) is 9.90. The van der Waals surface area contributed by atoms with E-state index >= 15 is 0 Å². The maximum atomic E-state index is 11.3. The summed E-state index contributed by atoms with van der Waals surface area (Å²) >= 11 is 0. The van der Waals surface area contributed by atoms with Gasteiger partial charge in [-0.1, -0.05) is 55.2 Å². The molecule has 2 unspecified atom stereocenters. The van der Waals surface area contributed by atoms with Crippen molar-refractivity contribution in [2.24, 2.45) is 0 Å². The molecule has 178 valence electrons. The van der Waals surface area contributed by atoms with E-state index in [1.807, 2.05) is 18.1 Å². The zero-order chi connectivity index (χ0) is 23.2. The van der Waals surface area contributed by atoms with E-state index < -0.39 is 6.23 Å². The number of pyridine rings is 1. The lowest BCUT2D eigenvalue weighted by atomic mass is 9.84. The lowest BCUT2D eigenvalue weighted by Gasteiger charge is -2.30. The van der Waals surface area contributed by atoms with E-state index in [0.717, 1.165) is 36.6 Å². The van der Waals surface area contributed by atoms with Crippen LogP contribution in [0.25, 0.3) is 0 Å². The Bertz CT molecular complexity index is 898. The summed E-state index contributed by atoms with van der Waals surface area (Å²) in [6, 6.07) is 13.4. The third-order valence-corrected chi connectivity index (χ3v) is 7.29. The first-order valence-corrected chi connectivity index (χ1v) is 12.6. The molecule has 1 saturated heterocycles. The molecule has 2 N–H and O–H groups in total. The van der Waals surface area contributed by atoms with Crippen LogP contribution in [0.3, 0.4) is 0 Å². The summed E-state index contributed by atoms with van der Waals surface area (Å²) in [5.74, 6) is 1.68. The molecule has 0 spiro atoms. The monoisotopic (exact) mass is 448 g/mol. The predicted octanol–water partition coefficient (Wildman–Crippen LogP) is 5.39.